The van der Waals surface area contributed by atoms with Crippen LogP contribution in [0.15, 0.2) is 84.9 Å². The topological polar surface area (TPSA) is 29.1 Å². The number of carbonyl (C=O) groups is 1. The smallest absolute Gasteiger partial charge is 0.189 e. The van der Waals surface area contributed by atoms with E-state index < -0.39 is 6.04 Å². The Balaban J connectivity index is 1.94. The van der Waals surface area contributed by atoms with Crippen LogP contribution in [0.5, 0.6) is 0 Å². The van der Waals surface area contributed by atoms with Gasteiger partial charge in [-0.3, -0.25) is 4.79 Å². The number of carbonyl (C=O) groups excluding carboxylic acids is 1. The highest BCUT2D eigenvalue weighted by Crippen LogP contribution is 2.24. The van der Waals surface area contributed by atoms with E-state index in [2.05, 4.69) is 5.32 Å². The lowest BCUT2D eigenvalue weighted by Crippen LogP contribution is -2.21. The van der Waals surface area contributed by atoms with Crippen molar-refractivity contribution < 1.29 is 4.79 Å². The predicted molar refractivity (Wildman–Crippen MR) is 95.0 cm³/mol. The fourth-order valence-electron chi connectivity index (χ4n) is 2.43. The van der Waals surface area contributed by atoms with E-state index in [1.54, 1.807) is 24.3 Å². The Morgan fingerprint density at radius 2 is 1.35 bits per heavy atom. The van der Waals surface area contributed by atoms with Gasteiger partial charge in [-0.1, -0.05) is 60.1 Å². The second-order valence-electron chi connectivity index (χ2n) is 5.23. The van der Waals surface area contributed by atoms with Gasteiger partial charge in [0, 0.05) is 16.3 Å². The molecule has 0 fully saturated rings. The first-order valence-electron chi connectivity index (χ1n) is 7.40. The van der Waals surface area contributed by atoms with Crippen molar-refractivity contribution in [3.05, 3.63) is 101 Å². The lowest BCUT2D eigenvalue weighted by molar-refractivity contribution is 0.0969. The number of benzene rings is 3. The van der Waals surface area contributed by atoms with E-state index in [-0.39, 0.29) is 5.78 Å². The number of ketones is 1. The van der Waals surface area contributed by atoms with Crippen molar-refractivity contribution in [2.24, 2.45) is 0 Å². The van der Waals surface area contributed by atoms with Crippen molar-refractivity contribution >= 4 is 23.1 Å². The van der Waals surface area contributed by atoms with E-state index in [4.69, 9.17) is 11.6 Å². The maximum absolute atomic E-state index is 13.0. The molecule has 1 N–H and O–H groups in total. The zero-order chi connectivity index (χ0) is 16.1. The van der Waals surface area contributed by atoms with Gasteiger partial charge in [0.15, 0.2) is 5.78 Å². The van der Waals surface area contributed by atoms with E-state index in [0.717, 1.165) is 11.3 Å². The van der Waals surface area contributed by atoms with E-state index in [0.29, 0.717) is 10.6 Å². The number of nitrogens with one attached hydrogen (secondary N) is 1. The van der Waals surface area contributed by atoms with Crippen LogP contribution < -0.4 is 5.32 Å². The summed E-state index contributed by atoms with van der Waals surface area (Å²) < 4.78 is 0. The normalized spacial score (nSPS) is 11.7. The minimum atomic E-state index is -0.445. The molecule has 0 heterocycles. The minimum absolute atomic E-state index is 0.0109. The molecular formula is C20H16ClNO. The Bertz CT molecular complexity index is 770. The van der Waals surface area contributed by atoms with Crippen molar-refractivity contribution in [1.82, 2.24) is 0 Å². The summed E-state index contributed by atoms with van der Waals surface area (Å²) in [4.78, 5) is 13.0. The van der Waals surface area contributed by atoms with Crippen LogP contribution in [0.25, 0.3) is 0 Å². The molecule has 0 saturated heterocycles. The number of Topliss-reactive ketones (excluding diaryl/α,β-unsaturated/α-hetero) is 1. The summed E-state index contributed by atoms with van der Waals surface area (Å²) in [6, 6.07) is 26.0. The zero-order valence-electron chi connectivity index (χ0n) is 12.4. The standard InChI is InChI=1S/C20H16ClNO/c21-17-13-11-16(12-14-17)20(23)19(15-7-3-1-4-8-15)22-18-9-5-2-6-10-18/h1-14,19,22H. The first-order chi connectivity index (χ1) is 11.2. The van der Waals surface area contributed by atoms with Gasteiger partial charge in [0.25, 0.3) is 0 Å². The summed E-state index contributed by atoms with van der Waals surface area (Å²) in [6.45, 7) is 0. The van der Waals surface area contributed by atoms with E-state index in [1.165, 1.54) is 0 Å². The highest BCUT2D eigenvalue weighted by molar-refractivity contribution is 6.30. The molecule has 0 bridgehead atoms. The molecule has 3 aromatic carbocycles. The van der Waals surface area contributed by atoms with Gasteiger partial charge in [-0.25, -0.2) is 0 Å². The molecule has 3 heteroatoms. The monoisotopic (exact) mass is 321 g/mol. The Morgan fingerprint density at radius 1 is 0.783 bits per heavy atom. The third kappa shape index (κ3) is 3.79. The molecule has 0 aliphatic rings. The molecule has 1 atom stereocenters. The van der Waals surface area contributed by atoms with Crippen LogP contribution in [-0.2, 0) is 0 Å². The molecule has 1 unspecified atom stereocenters. The predicted octanol–water partition coefficient (Wildman–Crippen LogP) is 5.38. The van der Waals surface area contributed by atoms with Crippen molar-refractivity contribution in [1.29, 1.82) is 0 Å². The van der Waals surface area contributed by atoms with Gasteiger partial charge in [0.05, 0.1) is 0 Å². The molecule has 0 aromatic heterocycles. The highest BCUT2D eigenvalue weighted by Gasteiger charge is 2.21. The molecule has 0 spiro atoms. The van der Waals surface area contributed by atoms with Crippen LogP contribution in [0.1, 0.15) is 22.0 Å². The van der Waals surface area contributed by atoms with Gasteiger partial charge in [0.1, 0.15) is 6.04 Å². The molecule has 3 aromatic rings. The minimum Gasteiger partial charge on any atom is -0.371 e. The van der Waals surface area contributed by atoms with Crippen LogP contribution >= 0.6 is 11.6 Å². The fraction of sp³-hybridized carbons (Fsp3) is 0.0500. The third-order valence-corrected chi connectivity index (χ3v) is 3.86. The number of hydrogen-bond acceptors (Lipinski definition) is 2. The largest absolute Gasteiger partial charge is 0.371 e. The molecule has 0 aliphatic carbocycles. The number of hydrogen-bond donors (Lipinski definition) is 1. The van der Waals surface area contributed by atoms with Crippen LogP contribution in [0.3, 0.4) is 0 Å². The molecule has 114 valence electrons. The van der Waals surface area contributed by atoms with Crippen LogP contribution in [0.4, 0.5) is 5.69 Å². The number of anilines is 1. The Labute approximate surface area is 140 Å². The summed E-state index contributed by atoms with van der Waals surface area (Å²) in [7, 11) is 0. The maximum atomic E-state index is 13.0. The Hall–Kier alpha value is -2.58. The fourth-order valence-corrected chi connectivity index (χ4v) is 2.55. The van der Waals surface area contributed by atoms with Gasteiger partial charge >= 0.3 is 0 Å². The quantitative estimate of drug-likeness (QED) is 0.639. The second-order valence-corrected chi connectivity index (χ2v) is 5.66. The van der Waals surface area contributed by atoms with Crippen molar-refractivity contribution in [3.63, 3.8) is 0 Å². The van der Waals surface area contributed by atoms with Crippen molar-refractivity contribution in [2.45, 2.75) is 6.04 Å². The molecular weight excluding hydrogens is 306 g/mol. The van der Waals surface area contributed by atoms with Gasteiger partial charge in [-0.05, 0) is 42.0 Å². The molecule has 0 amide bonds. The van der Waals surface area contributed by atoms with Crippen molar-refractivity contribution in [3.8, 4) is 0 Å². The molecule has 0 aliphatic heterocycles. The summed E-state index contributed by atoms with van der Waals surface area (Å²) >= 11 is 5.92. The summed E-state index contributed by atoms with van der Waals surface area (Å²) in [5.41, 5.74) is 2.46. The highest BCUT2D eigenvalue weighted by atomic mass is 35.5. The molecule has 2 nitrogen and oxygen atoms in total. The van der Waals surface area contributed by atoms with Gasteiger partial charge in [-0.15, -0.1) is 0 Å². The maximum Gasteiger partial charge on any atom is 0.189 e. The zero-order valence-corrected chi connectivity index (χ0v) is 13.2. The molecule has 0 radical (unpaired) electrons. The molecule has 23 heavy (non-hydrogen) atoms. The van der Waals surface area contributed by atoms with Gasteiger partial charge < -0.3 is 5.32 Å². The summed E-state index contributed by atoms with van der Waals surface area (Å²) in [5, 5.41) is 3.94. The Kier molecular flexibility index (Phi) is 4.74. The van der Waals surface area contributed by atoms with Crippen LogP contribution in [0.2, 0.25) is 5.02 Å². The van der Waals surface area contributed by atoms with Crippen molar-refractivity contribution in [2.75, 3.05) is 5.32 Å². The van der Waals surface area contributed by atoms with E-state index in [9.17, 15) is 4.79 Å². The first-order valence-corrected chi connectivity index (χ1v) is 7.78. The van der Waals surface area contributed by atoms with Gasteiger partial charge in [0.2, 0.25) is 0 Å². The summed E-state index contributed by atoms with van der Waals surface area (Å²) in [5.74, 6) is 0.0109. The molecule has 0 saturated carbocycles. The average Bonchev–Trinajstić information content (AvgIpc) is 2.61. The Morgan fingerprint density at radius 3 is 1.96 bits per heavy atom. The second kappa shape index (κ2) is 7.12. The van der Waals surface area contributed by atoms with E-state index >= 15 is 0 Å². The lowest BCUT2D eigenvalue weighted by Gasteiger charge is -2.19. The third-order valence-electron chi connectivity index (χ3n) is 3.61. The molecule has 3 rings (SSSR count). The average molecular weight is 322 g/mol. The number of rotatable bonds is 5. The lowest BCUT2D eigenvalue weighted by atomic mass is 9.97. The van der Waals surface area contributed by atoms with Crippen LogP contribution in [0, 0.1) is 0 Å². The van der Waals surface area contributed by atoms with Crippen LogP contribution in [-0.4, -0.2) is 5.78 Å². The van der Waals surface area contributed by atoms with Gasteiger partial charge in [-0.2, -0.15) is 0 Å². The summed E-state index contributed by atoms with van der Waals surface area (Å²) in [6.07, 6.45) is 0. The van der Waals surface area contributed by atoms with E-state index in [1.807, 2.05) is 60.7 Å². The number of halogens is 1. The number of para-hydroxylation sites is 1. The first kappa shape index (κ1) is 15.3. The SMILES string of the molecule is O=C(c1ccc(Cl)cc1)C(Nc1ccccc1)c1ccccc1.